The fourth-order valence-corrected chi connectivity index (χ4v) is 6.57. The van der Waals surface area contributed by atoms with Gasteiger partial charge in [-0.2, -0.15) is 11.1 Å². The minimum Gasteiger partial charge on any atom is -0.155 e. The van der Waals surface area contributed by atoms with Crippen LogP contribution in [-0.2, 0) is 0 Å². The van der Waals surface area contributed by atoms with E-state index in [1.165, 1.54) is 10.4 Å². The Balaban J connectivity index is 2.47. The molecule has 0 heterocycles. The number of hydrogen-bond donors (Lipinski definition) is 0. The van der Waals surface area contributed by atoms with E-state index in [0.717, 1.165) is 12.5 Å². The Hall–Kier alpha value is -1.05. The molecule has 0 radical (unpaired) electrons. The molecule has 0 fully saturated rings. The molecule has 2 heteroatoms. The average Bonchev–Trinajstić information content (AvgIpc) is 2.41. The van der Waals surface area contributed by atoms with E-state index in [9.17, 15) is 0 Å². The quantitative estimate of drug-likeness (QED) is 0.584. The van der Waals surface area contributed by atoms with Gasteiger partial charge in [-0.15, -0.1) is 0 Å². The summed E-state index contributed by atoms with van der Waals surface area (Å²) in [6.45, 7) is 2.20. The van der Waals surface area contributed by atoms with E-state index < -0.39 is 7.38 Å². The molecule has 0 aliphatic rings. The minimum absolute atomic E-state index is 1.09. The summed E-state index contributed by atoms with van der Waals surface area (Å²) in [5.74, 6) is 0. The molecule has 0 nitrogen and oxygen atoms in total. The van der Waals surface area contributed by atoms with Gasteiger partial charge in [0.15, 0.2) is 0 Å². The topological polar surface area (TPSA) is 0 Å². The molecule has 2 rings (SSSR count). The van der Waals surface area contributed by atoms with Crippen LogP contribution in [0.3, 0.4) is 0 Å². The number of hydrogen-bond acceptors (Lipinski definition) is 0. The lowest BCUT2D eigenvalue weighted by atomic mass is 10.4. The van der Waals surface area contributed by atoms with E-state index in [1.807, 2.05) is 12.1 Å². The molecule has 0 aliphatic heterocycles. The van der Waals surface area contributed by atoms with Gasteiger partial charge in [-0.05, 0) is 16.4 Å². The Morgan fingerprint density at radius 3 is 1.59 bits per heavy atom. The van der Waals surface area contributed by atoms with Crippen LogP contribution in [0.5, 0.6) is 0 Å². The fraction of sp³-hybridized carbons (Fsp3) is 0.200. The first-order valence-electron chi connectivity index (χ1n) is 6.07. The summed E-state index contributed by atoms with van der Waals surface area (Å²) in [6, 6.07) is 22.2. The van der Waals surface area contributed by atoms with Gasteiger partial charge in [0.1, 0.15) is 0 Å². The van der Waals surface area contributed by atoms with Gasteiger partial charge in [0.2, 0.25) is 7.38 Å². The van der Waals surface area contributed by atoms with Gasteiger partial charge >= 0.3 is 0 Å². The van der Waals surface area contributed by atoms with E-state index in [4.69, 9.17) is 11.1 Å². The van der Waals surface area contributed by atoms with Crippen molar-refractivity contribution in [1.82, 2.24) is 0 Å². The molecule has 0 aromatic heterocycles. The maximum Gasteiger partial charge on any atom is 0.217 e. The van der Waals surface area contributed by atoms with Gasteiger partial charge < -0.3 is 0 Å². The average molecular weight is 261 g/mol. The van der Waals surface area contributed by atoms with Crippen molar-refractivity contribution in [3.8, 4) is 0 Å². The predicted octanol–water partition coefficient (Wildman–Crippen LogP) is 3.40. The third kappa shape index (κ3) is 2.62. The highest BCUT2D eigenvalue weighted by atomic mass is 35.6. The highest BCUT2D eigenvalue weighted by Gasteiger charge is 2.34. The van der Waals surface area contributed by atoms with E-state index in [1.54, 1.807) is 0 Å². The number of halogens is 1. The van der Waals surface area contributed by atoms with E-state index >= 15 is 0 Å². The standard InChI is InChI=1S/C15H17ClSi/c1-2-13-17(16,14-9-5-3-6-10-14)15-11-7-4-8-12-15/h3-12H,2,13H2,1H3. The molecule has 0 atom stereocenters. The van der Waals surface area contributed by atoms with Crippen molar-refractivity contribution >= 4 is 28.8 Å². The highest BCUT2D eigenvalue weighted by molar-refractivity contribution is 7.34. The van der Waals surface area contributed by atoms with Crippen molar-refractivity contribution in [2.45, 2.75) is 19.4 Å². The van der Waals surface area contributed by atoms with Crippen molar-refractivity contribution < 1.29 is 0 Å². The maximum absolute atomic E-state index is 7.03. The van der Waals surface area contributed by atoms with Crippen LogP contribution >= 0.6 is 11.1 Å². The van der Waals surface area contributed by atoms with E-state index in [2.05, 4.69) is 55.5 Å². The van der Waals surface area contributed by atoms with Crippen LogP contribution in [0.15, 0.2) is 60.7 Å². The van der Waals surface area contributed by atoms with E-state index in [-0.39, 0.29) is 0 Å². The van der Waals surface area contributed by atoms with Gasteiger partial charge in [-0.1, -0.05) is 74.0 Å². The zero-order valence-corrected chi connectivity index (χ0v) is 11.8. The maximum atomic E-state index is 7.03. The smallest absolute Gasteiger partial charge is 0.155 e. The normalized spacial score (nSPS) is 11.4. The fourth-order valence-electron chi connectivity index (χ4n) is 2.20. The largest absolute Gasteiger partial charge is 0.217 e. The van der Waals surface area contributed by atoms with Crippen LogP contribution in [-0.4, -0.2) is 7.38 Å². The molecule has 2 aromatic rings. The van der Waals surface area contributed by atoms with Crippen molar-refractivity contribution in [3.05, 3.63) is 60.7 Å². The monoisotopic (exact) mass is 260 g/mol. The van der Waals surface area contributed by atoms with Gasteiger partial charge in [0.25, 0.3) is 0 Å². The zero-order valence-electron chi connectivity index (χ0n) is 10.1. The lowest BCUT2D eigenvalue weighted by Gasteiger charge is -2.25. The molecule has 0 bridgehead atoms. The lowest BCUT2D eigenvalue weighted by Crippen LogP contribution is -2.53. The van der Waals surface area contributed by atoms with Crippen molar-refractivity contribution in [1.29, 1.82) is 0 Å². The van der Waals surface area contributed by atoms with Gasteiger partial charge in [0, 0.05) is 0 Å². The Morgan fingerprint density at radius 2 is 1.24 bits per heavy atom. The van der Waals surface area contributed by atoms with Gasteiger partial charge in [0.05, 0.1) is 0 Å². The highest BCUT2D eigenvalue weighted by Crippen LogP contribution is 2.17. The summed E-state index contributed by atoms with van der Waals surface area (Å²) >= 11 is 7.03. The van der Waals surface area contributed by atoms with E-state index in [0.29, 0.717) is 0 Å². The first-order valence-corrected chi connectivity index (χ1v) is 9.29. The van der Waals surface area contributed by atoms with Crippen molar-refractivity contribution in [2.75, 3.05) is 0 Å². The van der Waals surface area contributed by atoms with Crippen LogP contribution in [0.25, 0.3) is 0 Å². The van der Waals surface area contributed by atoms with Crippen LogP contribution in [0.1, 0.15) is 13.3 Å². The second-order valence-corrected chi connectivity index (χ2v) is 9.48. The molecule has 0 saturated heterocycles. The Bertz CT molecular complexity index is 413. The Labute approximate surface area is 109 Å². The summed E-state index contributed by atoms with van der Waals surface area (Å²) in [6.07, 6.45) is 1.12. The van der Waals surface area contributed by atoms with Crippen LogP contribution < -0.4 is 10.4 Å². The van der Waals surface area contributed by atoms with Crippen LogP contribution in [0, 0.1) is 0 Å². The number of benzene rings is 2. The molecule has 0 unspecified atom stereocenters. The molecule has 0 N–H and O–H groups in total. The molecule has 88 valence electrons. The van der Waals surface area contributed by atoms with Gasteiger partial charge in [-0.3, -0.25) is 0 Å². The minimum atomic E-state index is -2.03. The third-order valence-electron chi connectivity index (χ3n) is 3.06. The Morgan fingerprint density at radius 1 is 0.824 bits per heavy atom. The van der Waals surface area contributed by atoms with Crippen molar-refractivity contribution in [2.24, 2.45) is 0 Å². The van der Waals surface area contributed by atoms with Crippen molar-refractivity contribution in [3.63, 3.8) is 0 Å². The van der Waals surface area contributed by atoms with Crippen LogP contribution in [0.4, 0.5) is 0 Å². The summed E-state index contributed by atoms with van der Waals surface area (Å²) in [4.78, 5) is 0. The third-order valence-corrected chi connectivity index (χ3v) is 8.62. The molecule has 0 saturated carbocycles. The number of rotatable bonds is 4. The SMILES string of the molecule is CCC[Si](Cl)(c1ccccc1)c1ccccc1. The van der Waals surface area contributed by atoms with Crippen LogP contribution in [0.2, 0.25) is 6.04 Å². The molecule has 0 spiro atoms. The molecule has 0 aliphatic carbocycles. The Kier molecular flexibility index (Phi) is 4.03. The summed E-state index contributed by atoms with van der Waals surface area (Å²) < 4.78 is 0. The van der Waals surface area contributed by atoms with Gasteiger partial charge in [-0.25, -0.2) is 0 Å². The predicted molar refractivity (Wildman–Crippen MR) is 78.9 cm³/mol. The second kappa shape index (κ2) is 5.52. The molecule has 2 aromatic carbocycles. The summed E-state index contributed by atoms with van der Waals surface area (Å²) in [5, 5.41) is 2.63. The molecule has 0 amide bonds. The first kappa shape index (κ1) is 12.4. The summed E-state index contributed by atoms with van der Waals surface area (Å²) in [7, 11) is -2.03. The summed E-state index contributed by atoms with van der Waals surface area (Å²) in [5.41, 5.74) is 0. The lowest BCUT2D eigenvalue weighted by molar-refractivity contribution is 1.07. The zero-order chi connectivity index (χ0) is 12.1. The molecule has 17 heavy (non-hydrogen) atoms. The molecular weight excluding hydrogens is 244 g/mol. The second-order valence-electron chi connectivity index (χ2n) is 4.28. The first-order chi connectivity index (χ1) is 8.27. The molecular formula is C15H17ClSi.